The molecule has 1 aliphatic rings. The molecule has 0 N–H and O–H groups in total. The van der Waals surface area contributed by atoms with Gasteiger partial charge in [-0.25, -0.2) is 4.98 Å². The first-order chi connectivity index (χ1) is 7.38. The highest BCUT2D eigenvalue weighted by atomic mass is 32.2. The van der Waals surface area contributed by atoms with Gasteiger partial charge >= 0.3 is 0 Å². The molecule has 0 saturated heterocycles. The Hall–Kier alpha value is -1.01. The van der Waals surface area contributed by atoms with Crippen LogP contribution in [0.1, 0.15) is 31.4 Å². The summed E-state index contributed by atoms with van der Waals surface area (Å²) in [6.07, 6.45) is 7.37. The summed E-state index contributed by atoms with van der Waals surface area (Å²) in [5.74, 6) is 2.10. The van der Waals surface area contributed by atoms with Gasteiger partial charge in [-0.2, -0.15) is 5.26 Å². The van der Waals surface area contributed by atoms with Gasteiger partial charge in [0.1, 0.15) is 11.8 Å². The van der Waals surface area contributed by atoms with E-state index in [0.717, 1.165) is 5.92 Å². The van der Waals surface area contributed by atoms with Crippen molar-refractivity contribution in [3.8, 4) is 6.07 Å². The van der Waals surface area contributed by atoms with E-state index in [1.807, 2.05) is 23.9 Å². The van der Waals surface area contributed by atoms with Crippen molar-refractivity contribution in [1.29, 1.82) is 5.26 Å². The molecule has 0 bridgehead atoms. The highest BCUT2D eigenvalue weighted by molar-refractivity contribution is 7.99. The minimum absolute atomic E-state index is 0.500. The fourth-order valence-electron chi connectivity index (χ4n) is 1.92. The molecular weight excluding hydrogens is 204 g/mol. The Bertz CT molecular complexity index is 347. The van der Waals surface area contributed by atoms with Gasteiger partial charge in [0.15, 0.2) is 0 Å². The number of hydrogen-bond acceptors (Lipinski definition) is 3. The van der Waals surface area contributed by atoms with Crippen molar-refractivity contribution in [2.45, 2.75) is 30.6 Å². The molecule has 0 unspecified atom stereocenters. The molecule has 78 valence electrons. The number of nitriles is 1. The zero-order chi connectivity index (χ0) is 10.5. The molecule has 3 heteroatoms. The van der Waals surface area contributed by atoms with Crippen LogP contribution in [0.25, 0.3) is 0 Å². The summed E-state index contributed by atoms with van der Waals surface area (Å²) in [4.78, 5) is 5.24. The third-order valence-electron chi connectivity index (χ3n) is 2.81. The normalized spacial score (nSPS) is 16.5. The molecule has 1 aromatic heterocycles. The van der Waals surface area contributed by atoms with Crippen LogP contribution in [0.15, 0.2) is 23.2 Å². The van der Waals surface area contributed by atoms with E-state index < -0.39 is 0 Å². The Morgan fingerprint density at radius 3 is 2.80 bits per heavy atom. The van der Waals surface area contributed by atoms with Crippen LogP contribution >= 0.6 is 11.8 Å². The molecule has 1 fully saturated rings. The van der Waals surface area contributed by atoms with Crippen molar-refractivity contribution in [1.82, 2.24) is 4.98 Å². The predicted octanol–water partition coefficient (Wildman–Crippen LogP) is 3.24. The van der Waals surface area contributed by atoms with E-state index in [0.29, 0.717) is 5.69 Å². The first kappa shape index (κ1) is 10.5. The molecule has 0 amide bonds. The second kappa shape index (κ2) is 5.18. The maximum Gasteiger partial charge on any atom is 0.140 e. The van der Waals surface area contributed by atoms with Crippen LogP contribution in [0.5, 0.6) is 0 Å². The first-order valence-corrected chi connectivity index (χ1v) is 6.36. The second-order valence-corrected chi connectivity index (χ2v) is 5.05. The van der Waals surface area contributed by atoms with Crippen molar-refractivity contribution in [2.24, 2.45) is 5.92 Å². The molecule has 2 nitrogen and oxygen atoms in total. The van der Waals surface area contributed by atoms with E-state index in [-0.39, 0.29) is 0 Å². The molecule has 0 radical (unpaired) electrons. The summed E-state index contributed by atoms with van der Waals surface area (Å²) < 4.78 is 0. The van der Waals surface area contributed by atoms with Gasteiger partial charge in [0.05, 0.1) is 0 Å². The molecule has 0 aliphatic heterocycles. The lowest BCUT2D eigenvalue weighted by Gasteiger charge is -2.07. The quantitative estimate of drug-likeness (QED) is 0.731. The molecule has 2 rings (SSSR count). The van der Waals surface area contributed by atoms with E-state index >= 15 is 0 Å². The molecule has 1 aliphatic carbocycles. The van der Waals surface area contributed by atoms with E-state index in [2.05, 4.69) is 4.98 Å². The van der Waals surface area contributed by atoms with Gasteiger partial charge in [-0.3, -0.25) is 0 Å². The van der Waals surface area contributed by atoms with Crippen LogP contribution in [-0.2, 0) is 0 Å². The molecule has 15 heavy (non-hydrogen) atoms. The van der Waals surface area contributed by atoms with Crippen molar-refractivity contribution in [2.75, 3.05) is 5.75 Å². The zero-order valence-corrected chi connectivity index (χ0v) is 9.46. The number of nitrogens with zero attached hydrogens (tertiary/aromatic N) is 2. The van der Waals surface area contributed by atoms with E-state index in [4.69, 9.17) is 5.26 Å². The van der Waals surface area contributed by atoms with Gasteiger partial charge in [0.25, 0.3) is 0 Å². The monoisotopic (exact) mass is 218 g/mol. The minimum Gasteiger partial charge on any atom is -0.244 e. The van der Waals surface area contributed by atoms with Crippen LogP contribution in [0, 0.1) is 17.2 Å². The summed E-state index contributed by atoms with van der Waals surface area (Å²) in [6.45, 7) is 0. The number of thioether (sulfide) groups is 1. The third kappa shape index (κ3) is 2.97. The van der Waals surface area contributed by atoms with E-state index in [9.17, 15) is 0 Å². The fourth-order valence-corrected chi connectivity index (χ4v) is 2.98. The highest BCUT2D eigenvalue weighted by Gasteiger charge is 2.14. The summed E-state index contributed by atoms with van der Waals surface area (Å²) in [5, 5.41) is 8.61. The van der Waals surface area contributed by atoms with Gasteiger partial charge < -0.3 is 0 Å². The number of pyridine rings is 1. The molecule has 0 spiro atoms. The van der Waals surface area contributed by atoms with E-state index in [1.54, 1.807) is 12.3 Å². The predicted molar refractivity (Wildman–Crippen MR) is 61.6 cm³/mol. The van der Waals surface area contributed by atoms with Gasteiger partial charge in [-0.05, 0) is 30.9 Å². The highest BCUT2D eigenvalue weighted by Crippen LogP contribution is 2.30. The van der Waals surface area contributed by atoms with Crippen molar-refractivity contribution in [3.63, 3.8) is 0 Å². The molecular formula is C12H14N2S. The maximum absolute atomic E-state index is 8.61. The van der Waals surface area contributed by atoms with Crippen LogP contribution in [0.3, 0.4) is 0 Å². The molecule has 1 heterocycles. The smallest absolute Gasteiger partial charge is 0.140 e. The maximum atomic E-state index is 8.61. The van der Waals surface area contributed by atoms with E-state index in [1.165, 1.54) is 36.3 Å². The van der Waals surface area contributed by atoms with Crippen LogP contribution < -0.4 is 0 Å². The summed E-state index contributed by atoms with van der Waals surface area (Å²) in [6, 6.07) is 5.81. The van der Waals surface area contributed by atoms with Crippen molar-refractivity contribution in [3.05, 3.63) is 24.0 Å². The van der Waals surface area contributed by atoms with Crippen molar-refractivity contribution < 1.29 is 0 Å². The zero-order valence-electron chi connectivity index (χ0n) is 8.65. The summed E-state index contributed by atoms with van der Waals surface area (Å²) in [7, 11) is 0. The van der Waals surface area contributed by atoms with Gasteiger partial charge in [0, 0.05) is 16.8 Å². The summed E-state index contributed by atoms with van der Waals surface area (Å²) >= 11 is 1.86. The standard InChI is InChI=1S/C12H14N2S/c13-7-11-5-6-12(8-14-11)15-9-10-3-1-2-4-10/h5-6,8,10H,1-4,9H2. The average molecular weight is 218 g/mol. The van der Waals surface area contributed by atoms with Crippen LogP contribution in [-0.4, -0.2) is 10.7 Å². The van der Waals surface area contributed by atoms with Gasteiger partial charge in [0.2, 0.25) is 0 Å². The van der Waals surface area contributed by atoms with Gasteiger partial charge in [-0.1, -0.05) is 12.8 Å². The molecule has 1 saturated carbocycles. The molecule has 0 aromatic carbocycles. The molecule has 0 atom stereocenters. The number of hydrogen-bond donors (Lipinski definition) is 0. The van der Waals surface area contributed by atoms with Crippen molar-refractivity contribution >= 4 is 11.8 Å². The Kier molecular flexibility index (Phi) is 3.63. The second-order valence-electron chi connectivity index (χ2n) is 3.95. The first-order valence-electron chi connectivity index (χ1n) is 5.37. The Morgan fingerprint density at radius 2 is 2.20 bits per heavy atom. The SMILES string of the molecule is N#Cc1ccc(SCC2CCCC2)cn1. The topological polar surface area (TPSA) is 36.7 Å². The lowest BCUT2D eigenvalue weighted by Crippen LogP contribution is -1.96. The molecule has 1 aromatic rings. The Morgan fingerprint density at radius 1 is 1.40 bits per heavy atom. The largest absolute Gasteiger partial charge is 0.244 e. The Balaban J connectivity index is 1.85. The van der Waals surface area contributed by atoms with Gasteiger partial charge in [-0.15, -0.1) is 11.8 Å². The van der Waals surface area contributed by atoms with Crippen LogP contribution in [0.4, 0.5) is 0 Å². The van der Waals surface area contributed by atoms with Crippen LogP contribution in [0.2, 0.25) is 0 Å². The number of rotatable bonds is 3. The summed E-state index contributed by atoms with van der Waals surface area (Å²) in [5.41, 5.74) is 0.500. The third-order valence-corrected chi connectivity index (χ3v) is 4.02. The lowest BCUT2D eigenvalue weighted by molar-refractivity contribution is 0.623. The minimum atomic E-state index is 0.500. The fraction of sp³-hybridized carbons (Fsp3) is 0.500. The number of aromatic nitrogens is 1. The lowest BCUT2D eigenvalue weighted by atomic mass is 10.1. The Labute approximate surface area is 94.7 Å². The average Bonchev–Trinajstić information content (AvgIpc) is 2.80.